The van der Waals surface area contributed by atoms with Crippen molar-refractivity contribution in [1.29, 1.82) is 0 Å². The SMILES string of the molecule is CC(=O)O/C(C)=C/C(C)CCC=C(C)C. The molecule has 0 aromatic heterocycles. The Bertz CT molecular complexity index is 258. The standard InChI is InChI=1S/C13H22O2/c1-10(2)7-6-8-11(3)9-12(4)15-13(5)14/h7,9,11H,6,8H2,1-5H3/b12-9+. The first-order valence-corrected chi connectivity index (χ1v) is 5.42. The van der Waals surface area contributed by atoms with Crippen LogP contribution in [0.25, 0.3) is 0 Å². The topological polar surface area (TPSA) is 26.3 Å². The molecule has 0 aromatic carbocycles. The molecule has 86 valence electrons. The summed E-state index contributed by atoms with van der Waals surface area (Å²) in [7, 11) is 0. The first kappa shape index (κ1) is 13.9. The highest BCUT2D eigenvalue weighted by atomic mass is 16.5. The fourth-order valence-corrected chi connectivity index (χ4v) is 1.38. The van der Waals surface area contributed by atoms with Crippen LogP contribution in [0.5, 0.6) is 0 Å². The lowest BCUT2D eigenvalue weighted by Gasteiger charge is -2.06. The normalized spacial score (nSPS) is 13.3. The molecular formula is C13H22O2. The van der Waals surface area contributed by atoms with E-state index in [0.29, 0.717) is 11.7 Å². The summed E-state index contributed by atoms with van der Waals surface area (Å²) in [6.07, 6.45) is 6.39. The van der Waals surface area contributed by atoms with E-state index >= 15 is 0 Å². The number of hydrogen-bond donors (Lipinski definition) is 0. The number of ether oxygens (including phenoxy) is 1. The molecule has 0 aliphatic carbocycles. The molecule has 0 rings (SSSR count). The van der Waals surface area contributed by atoms with Crippen LogP contribution in [0.4, 0.5) is 0 Å². The summed E-state index contributed by atoms with van der Waals surface area (Å²) >= 11 is 0. The van der Waals surface area contributed by atoms with E-state index in [-0.39, 0.29) is 5.97 Å². The molecule has 0 aliphatic heterocycles. The van der Waals surface area contributed by atoms with Gasteiger partial charge in [0.15, 0.2) is 0 Å². The number of carbonyl (C=O) groups excluding carboxylic acids is 1. The van der Waals surface area contributed by atoms with E-state index in [2.05, 4.69) is 26.8 Å². The molecule has 0 N–H and O–H groups in total. The van der Waals surface area contributed by atoms with Crippen LogP contribution in [0.3, 0.4) is 0 Å². The smallest absolute Gasteiger partial charge is 0.307 e. The Morgan fingerprint density at radius 1 is 1.27 bits per heavy atom. The second-order valence-electron chi connectivity index (χ2n) is 4.21. The largest absolute Gasteiger partial charge is 0.432 e. The van der Waals surface area contributed by atoms with Crippen molar-refractivity contribution < 1.29 is 9.53 Å². The van der Waals surface area contributed by atoms with Crippen LogP contribution in [-0.2, 0) is 9.53 Å². The van der Waals surface area contributed by atoms with Crippen molar-refractivity contribution in [2.45, 2.75) is 47.5 Å². The first-order chi connectivity index (χ1) is 6.91. The summed E-state index contributed by atoms with van der Waals surface area (Å²) in [6, 6.07) is 0. The Hall–Kier alpha value is -1.05. The van der Waals surface area contributed by atoms with E-state index < -0.39 is 0 Å². The monoisotopic (exact) mass is 210 g/mol. The molecule has 0 amide bonds. The van der Waals surface area contributed by atoms with Gasteiger partial charge in [-0.1, -0.05) is 18.6 Å². The molecule has 2 nitrogen and oxygen atoms in total. The number of rotatable bonds is 5. The molecule has 0 aliphatic rings. The quantitative estimate of drug-likeness (QED) is 0.391. The molecule has 1 atom stereocenters. The van der Waals surface area contributed by atoms with Crippen molar-refractivity contribution in [1.82, 2.24) is 0 Å². The molecule has 2 heteroatoms. The van der Waals surface area contributed by atoms with Crippen LogP contribution in [0.2, 0.25) is 0 Å². The van der Waals surface area contributed by atoms with E-state index in [1.807, 2.05) is 13.0 Å². The second-order valence-corrected chi connectivity index (χ2v) is 4.21. The van der Waals surface area contributed by atoms with Gasteiger partial charge in [0.05, 0.1) is 0 Å². The van der Waals surface area contributed by atoms with Gasteiger partial charge < -0.3 is 4.74 Å². The molecule has 0 bridgehead atoms. The van der Waals surface area contributed by atoms with Crippen LogP contribution < -0.4 is 0 Å². The molecule has 0 saturated carbocycles. The average Bonchev–Trinajstić information content (AvgIpc) is 2.00. The van der Waals surface area contributed by atoms with Gasteiger partial charge in [0.25, 0.3) is 0 Å². The second kappa shape index (κ2) is 7.27. The maximum Gasteiger partial charge on any atom is 0.307 e. The Labute approximate surface area is 93.0 Å². The number of hydrogen-bond acceptors (Lipinski definition) is 2. The van der Waals surface area contributed by atoms with Crippen LogP contribution in [0, 0.1) is 5.92 Å². The molecule has 1 unspecified atom stereocenters. The van der Waals surface area contributed by atoms with Gasteiger partial charge in [0.1, 0.15) is 5.76 Å². The van der Waals surface area contributed by atoms with E-state index in [4.69, 9.17) is 4.74 Å². The summed E-state index contributed by atoms with van der Waals surface area (Å²) in [6.45, 7) is 9.57. The lowest BCUT2D eigenvalue weighted by molar-refractivity contribution is -0.136. The van der Waals surface area contributed by atoms with Crippen LogP contribution in [0.15, 0.2) is 23.5 Å². The third-order valence-electron chi connectivity index (χ3n) is 2.00. The minimum absolute atomic E-state index is 0.250. The van der Waals surface area contributed by atoms with Gasteiger partial charge in [-0.2, -0.15) is 0 Å². The van der Waals surface area contributed by atoms with Crippen LogP contribution >= 0.6 is 0 Å². The summed E-state index contributed by atoms with van der Waals surface area (Å²) in [5.74, 6) is 0.896. The first-order valence-electron chi connectivity index (χ1n) is 5.42. The van der Waals surface area contributed by atoms with Gasteiger partial charge in [0.2, 0.25) is 0 Å². The summed E-state index contributed by atoms with van der Waals surface area (Å²) in [5.41, 5.74) is 1.35. The van der Waals surface area contributed by atoms with Crippen molar-refractivity contribution in [3.63, 3.8) is 0 Å². The predicted octanol–water partition coefficient (Wildman–Crippen LogP) is 3.84. The van der Waals surface area contributed by atoms with Gasteiger partial charge in [0, 0.05) is 6.92 Å². The number of esters is 1. The summed E-state index contributed by atoms with van der Waals surface area (Å²) in [4.78, 5) is 10.7. The average molecular weight is 210 g/mol. The molecular weight excluding hydrogens is 188 g/mol. The molecule has 0 fully saturated rings. The minimum atomic E-state index is -0.250. The van der Waals surface area contributed by atoms with Crippen molar-refractivity contribution in [3.8, 4) is 0 Å². The zero-order valence-electron chi connectivity index (χ0n) is 10.5. The Kier molecular flexibility index (Phi) is 6.76. The highest BCUT2D eigenvalue weighted by molar-refractivity contribution is 5.67. The van der Waals surface area contributed by atoms with Crippen LogP contribution in [-0.4, -0.2) is 5.97 Å². The number of allylic oxidation sites excluding steroid dienone is 4. The van der Waals surface area contributed by atoms with Crippen molar-refractivity contribution in [2.24, 2.45) is 5.92 Å². The van der Waals surface area contributed by atoms with Crippen molar-refractivity contribution >= 4 is 5.97 Å². The van der Waals surface area contributed by atoms with Gasteiger partial charge in [-0.05, 0) is 45.6 Å². The van der Waals surface area contributed by atoms with Gasteiger partial charge in [-0.3, -0.25) is 4.79 Å². The molecule has 0 spiro atoms. The van der Waals surface area contributed by atoms with Crippen molar-refractivity contribution in [3.05, 3.63) is 23.5 Å². The van der Waals surface area contributed by atoms with Gasteiger partial charge >= 0.3 is 5.97 Å². The van der Waals surface area contributed by atoms with E-state index in [1.165, 1.54) is 12.5 Å². The fourth-order valence-electron chi connectivity index (χ4n) is 1.38. The molecule has 0 saturated heterocycles. The molecule has 0 heterocycles. The Balaban J connectivity index is 3.95. The highest BCUT2D eigenvalue weighted by Gasteiger charge is 2.00. The molecule has 0 radical (unpaired) electrons. The Morgan fingerprint density at radius 3 is 2.33 bits per heavy atom. The van der Waals surface area contributed by atoms with Crippen molar-refractivity contribution in [2.75, 3.05) is 0 Å². The Morgan fingerprint density at radius 2 is 1.87 bits per heavy atom. The van der Waals surface area contributed by atoms with E-state index in [9.17, 15) is 4.79 Å². The maximum absolute atomic E-state index is 10.7. The van der Waals surface area contributed by atoms with Gasteiger partial charge in [-0.15, -0.1) is 0 Å². The minimum Gasteiger partial charge on any atom is -0.432 e. The molecule has 15 heavy (non-hydrogen) atoms. The fraction of sp³-hybridized carbons (Fsp3) is 0.615. The third kappa shape index (κ3) is 9.26. The number of carbonyl (C=O) groups is 1. The lowest BCUT2D eigenvalue weighted by atomic mass is 10.0. The van der Waals surface area contributed by atoms with E-state index in [1.54, 1.807) is 0 Å². The summed E-state index contributed by atoms with van der Waals surface area (Å²) in [5, 5.41) is 0. The van der Waals surface area contributed by atoms with E-state index in [0.717, 1.165) is 12.8 Å². The zero-order valence-corrected chi connectivity index (χ0v) is 10.5. The lowest BCUT2D eigenvalue weighted by Crippen LogP contribution is -1.98. The van der Waals surface area contributed by atoms with Crippen LogP contribution in [0.1, 0.15) is 47.5 Å². The zero-order chi connectivity index (χ0) is 11.8. The van der Waals surface area contributed by atoms with Gasteiger partial charge in [-0.25, -0.2) is 0 Å². The molecule has 0 aromatic rings. The third-order valence-corrected chi connectivity index (χ3v) is 2.00. The highest BCUT2D eigenvalue weighted by Crippen LogP contribution is 2.12. The summed E-state index contributed by atoms with van der Waals surface area (Å²) < 4.78 is 4.96. The maximum atomic E-state index is 10.7. The predicted molar refractivity (Wildman–Crippen MR) is 63.4 cm³/mol.